The maximum atomic E-state index is 14.1. The van der Waals surface area contributed by atoms with Crippen molar-refractivity contribution in [3.63, 3.8) is 0 Å². The zero-order valence-corrected chi connectivity index (χ0v) is 13.5. The van der Waals surface area contributed by atoms with E-state index in [0.29, 0.717) is 17.9 Å². The van der Waals surface area contributed by atoms with E-state index in [1.54, 1.807) is 12.1 Å². The fourth-order valence-corrected chi connectivity index (χ4v) is 4.11. The summed E-state index contributed by atoms with van der Waals surface area (Å²) >= 11 is 0. The van der Waals surface area contributed by atoms with Crippen LogP contribution < -0.4 is 0 Å². The highest BCUT2D eigenvalue weighted by Crippen LogP contribution is 2.48. The standard InChI is InChI=1S/C21H26FN/c1-2-3-4-15-5-6-17-12-18(8-7-16(17)11-15)19-9-10-20(14-23)21(22)13-19/h2,9-10,13,15-18H,1,3-8,11-12H2/i8D,12D2. The third-order valence-electron chi connectivity index (χ3n) is 5.41. The molecule has 5 unspecified atom stereocenters. The van der Waals surface area contributed by atoms with E-state index < -0.39 is 24.5 Å². The Bertz CT molecular complexity index is 712. The number of nitriles is 1. The van der Waals surface area contributed by atoms with Crippen molar-refractivity contribution in [3.05, 3.63) is 47.8 Å². The normalized spacial score (nSPS) is 37.6. The molecule has 122 valence electrons. The number of nitrogens with zero attached hydrogens (tertiary/aromatic N) is 1. The summed E-state index contributed by atoms with van der Waals surface area (Å²) in [6, 6.07) is 6.10. The van der Waals surface area contributed by atoms with Crippen LogP contribution in [0.2, 0.25) is 0 Å². The Morgan fingerprint density at radius 1 is 1.35 bits per heavy atom. The van der Waals surface area contributed by atoms with Crippen molar-refractivity contribution in [1.29, 1.82) is 5.26 Å². The number of halogens is 1. The molecule has 2 saturated carbocycles. The first-order chi connectivity index (χ1) is 12.4. The first kappa shape index (κ1) is 12.8. The predicted octanol–water partition coefficient (Wildman–Crippen LogP) is 5.96. The zero-order valence-electron chi connectivity index (χ0n) is 16.5. The second kappa shape index (κ2) is 7.30. The minimum absolute atomic E-state index is 0.0349. The number of benzene rings is 1. The molecule has 2 aliphatic carbocycles. The first-order valence-electron chi connectivity index (χ1n) is 10.2. The number of rotatable bonds is 4. The molecule has 0 amide bonds. The summed E-state index contributed by atoms with van der Waals surface area (Å²) in [4.78, 5) is 0. The molecule has 23 heavy (non-hydrogen) atoms. The van der Waals surface area contributed by atoms with Crippen molar-refractivity contribution >= 4 is 0 Å². The molecule has 0 radical (unpaired) electrons. The Morgan fingerprint density at radius 2 is 2.22 bits per heavy atom. The highest BCUT2D eigenvalue weighted by atomic mass is 19.1. The van der Waals surface area contributed by atoms with E-state index in [1.165, 1.54) is 12.1 Å². The van der Waals surface area contributed by atoms with Crippen molar-refractivity contribution in [3.8, 4) is 6.07 Å². The highest BCUT2D eigenvalue weighted by molar-refractivity contribution is 5.35. The minimum Gasteiger partial charge on any atom is -0.206 e. The molecule has 1 nitrogen and oxygen atoms in total. The third kappa shape index (κ3) is 3.66. The van der Waals surface area contributed by atoms with Crippen LogP contribution in [-0.2, 0) is 0 Å². The van der Waals surface area contributed by atoms with Crippen molar-refractivity contribution in [2.45, 2.75) is 57.2 Å². The molecule has 0 heterocycles. The van der Waals surface area contributed by atoms with E-state index in [0.717, 1.165) is 32.1 Å². The van der Waals surface area contributed by atoms with Crippen LogP contribution in [-0.4, -0.2) is 0 Å². The molecule has 3 rings (SSSR count). The second-order valence-corrected chi connectivity index (χ2v) is 6.88. The fraction of sp³-hybridized carbons (Fsp3) is 0.571. The van der Waals surface area contributed by atoms with Gasteiger partial charge in [0.15, 0.2) is 0 Å². The van der Waals surface area contributed by atoms with Gasteiger partial charge < -0.3 is 0 Å². The Balaban J connectivity index is 1.84. The molecule has 0 spiro atoms. The lowest BCUT2D eigenvalue weighted by Crippen LogP contribution is -2.30. The second-order valence-electron chi connectivity index (χ2n) is 6.88. The summed E-state index contributed by atoms with van der Waals surface area (Å²) < 4.78 is 40.2. The Kier molecular flexibility index (Phi) is 4.05. The van der Waals surface area contributed by atoms with Crippen LogP contribution in [0, 0.1) is 34.9 Å². The van der Waals surface area contributed by atoms with E-state index in [4.69, 9.17) is 9.37 Å². The molecule has 2 heteroatoms. The topological polar surface area (TPSA) is 23.8 Å². The summed E-state index contributed by atoms with van der Waals surface area (Å²) in [5.74, 6) is -0.511. The zero-order chi connectivity index (χ0) is 18.9. The lowest BCUT2D eigenvalue weighted by atomic mass is 9.63. The molecule has 0 aliphatic heterocycles. The predicted molar refractivity (Wildman–Crippen MR) is 91.5 cm³/mol. The number of hydrogen-bond acceptors (Lipinski definition) is 1. The van der Waals surface area contributed by atoms with Gasteiger partial charge in [-0.1, -0.05) is 18.6 Å². The summed E-state index contributed by atoms with van der Waals surface area (Å²) in [6.07, 6.45) is 5.43. The van der Waals surface area contributed by atoms with Gasteiger partial charge in [-0.3, -0.25) is 0 Å². The van der Waals surface area contributed by atoms with E-state index >= 15 is 0 Å². The van der Waals surface area contributed by atoms with Crippen LogP contribution in [0.4, 0.5) is 4.39 Å². The molecule has 0 saturated heterocycles. The number of fused-ring (bicyclic) bond motifs is 1. The van der Waals surface area contributed by atoms with Crippen molar-refractivity contribution in [2.24, 2.45) is 17.8 Å². The third-order valence-corrected chi connectivity index (χ3v) is 5.41. The molecule has 0 N–H and O–H groups in total. The lowest BCUT2D eigenvalue weighted by molar-refractivity contribution is 0.115. The van der Waals surface area contributed by atoms with Crippen molar-refractivity contribution < 1.29 is 8.50 Å². The van der Waals surface area contributed by atoms with Crippen LogP contribution in [0.15, 0.2) is 30.9 Å². The maximum Gasteiger partial charge on any atom is 0.141 e. The molecular formula is C21H26FN. The van der Waals surface area contributed by atoms with Crippen LogP contribution in [0.5, 0.6) is 0 Å². The number of hydrogen-bond donors (Lipinski definition) is 0. The minimum atomic E-state index is -1.53. The van der Waals surface area contributed by atoms with Gasteiger partial charge in [0.2, 0.25) is 0 Å². The highest BCUT2D eigenvalue weighted by Gasteiger charge is 2.35. The molecule has 2 aliphatic rings. The van der Waals surface area contributed by atoms with Gasteiger partial charge in [-0.15, -0.1) is 6.58 Å². The average Bonchev–Trinajstić information content (AvgIpc) is 2.59. The van der Waals surface area contributed by atoms with Gasteiger partial charge in [0.05, 0.1) is 5.56 Å². The average molecular weight is 314 g/mol. The van der Waals surface area contributed by atoms with Gasteiger partial charge in [-0.2, -0.15) is 5.26 Å². The van der Waals surface area contributed by atoms with E-state index in [2.05, 4.69) is 6.58 Å². The number of allylic oxidation sites excluding steroid dienone is 1. The summed E-state index contributed by atoms with van der Waals surface area (Å²) in [5.41, 5.74) is 0.478. The van der Waals surface area contributed by atoms with E-state index in [-0.39, 0.29) is 17.4 Å². The molecule has 1 aromatic carbocycles. The van der Waals surface area contributed by atoms with Gasteiger partial charge in [0.25, 0.3) is 0 Å². The Morgan fingerprint density at radius 3 is 2.96 bits per heavy atom. The molecule has 0 bridgehead atoms. The van der Waals surface area contributed by atoms with Crippen molar-refractivity contribution in [1.82, 2.24) is 0 Å². The van der Waals surface area contributed by atoms with Gasteiger partial charge in [0, 0.05) is 4.11 Å². The van der Waals surface area contributed by atoms with Crippen LogP contribution in [0.3, 0.4) is 0 Å². The molecule has 5 atom stereocenters. The van der Waals surface area contributed by atoms with Gasteiger partial charge in [-0.25, -0.2) is 4.39 Å². The summed E-state index contributed by atoms with van der Waals surface area (Å²) in [7, 11) is 0. The molecular weight excluding hydrogens is 285 g/mol. The van der Waals surface area contributed by atoms with E-state index in [9.17, 15) is 4.39 Å². The van der Waals surface area contributed by atoms with Gasteiger partial charge in [-0.05, 0) is 86.2 Å². The largest absolute Gasteiger partial charge is 0.206 e. The Hall–Kier alpha value is -1.62. The van der Waals surface area contributed by atoms with Crippen LogP contribution in [0.25, 0.3) is 0 Å². The van der Waals surface area contributed by atoms with Crippen LogP contribution >= 0.6 is 0 Å². The molecule has 0 aromatic heterocycles. The lowest BCUT2D eigenvalue weighted by Gasteiger charge is -2.42. The van der Waals surface area contributed by atoms with E-state index in [1.807, 2.05) is 6.08 Å². The fourth-order valence-electron chi connectivity index (χ4n) is 4.11. The Labute approximate surface area is 143 Å². The summed E-state index contributed by atoms with van der Waals surface area (Å²) in [6.45, 7) is 3.78. The van der Waals surface area contributed by atoms with Gasteiger partial charge in [0.1, 0.15) is 11.9 Å². The molecule has 1 aromatic rings. The monoisotopic (exact) mass is 314 g/mol. The molecule has 2 fully saturated rings. The maximum absolute atomic E-state index is 14.1. The summed E-state index contributed by atoms with van der Waals surface area (Å²) in [5, 5.41) is 8.91. The van der Waals surface area contributed by atoms with Crippen LogP contribution in [0.1, 0.15) is 72.5 Å². The smallest absolute Gasteiger partial charge is 0.141 e. The first-order valence-corrected chi connectivity index (χ1v) is 8.61. The SMILES string of the molecule is [2H]C1CC2CC(CCC=C)CCC2C([2H])([2H])C1c1ccc(C#N)c(F)c1. The quantitative estimate of drug-likeness (QED) is 0.629. The van der Waals surface area contributed by atoms with Crippen molar-refractivity contribution in [2.75, 3.05) is 0 Å². The van der Waals surface area contributed by atoms with Gasteiger partial charge >= 0.3 is 0 Å².